The van der Waals surface area contributed by atoms with Crippen molar-refractivity contribution >= 4 is 55.1 Å². The third-order valence-corrected chi connectivity index (χ3v) is 7.65. The van der Waals surface area contributed by atoms with Crippen molar-refractivity contribution in [3.63, 3.8) is 0 Å². The molecule has 2 aliphatic rings. The highest BCUT2D eigenvalue weighted by molar-refractivity contribution is 9.11. The van der Waals surface area contributed by atoms with Crippen LogP contribution in [0, 0.1) is 6.92 Å². The maximum atomic E-state index is 12.5. The van der Waals surface area contributed by atoms with Gasteiger partial charge < -0.3 is 29.2 Å². The molecule has 2 aliphatic heterocycles. The molecule has 4 rings (SSSR count). The lowest BCUT2D eigenvalue weighted by molar-refractivity contribution is -0.110. The molecule has 0 spiro atoms. The molecule has 7 nitrogen and oxygen atoms in total. The van der Waals surface area contributed by atoms with Gasteiger partial charge in [0.1, 0.15) is 12.4 Å². The minimum Gasteiger partial charge on any atom is -0.489 e. The molecule has 206 valence electrons. The summed E-state index contributed by atoms with van der Waals surface area (Å²) >= 11 is 7.19. The highest BCUT2D eigenvalue weighted by Crippen LogP contribution is 2.38. The van der Waals surface area contributed by atoms with Crippen LogP contribution in [-0.4, -0.2) is 76.7 Å². The van der Waals surface area contributed by atoms with E-state index in [1.54, 1.807) is 0 Å². The van der Waals surface area contributed by atoms with E-state index in [1.807, 2.05) is 43.3 Å². The zero-order valence-electron chi connectivity index (χ0n) is 21.9. The zero-order chi connectivity index (χ0) is 26.7. The summed E-state index contributed by atoms with van der Waals surface area (Å²) in [6.07, 6.45) is 5.65. The van der Waals surface area contributed by atoms with Gasteiger partial charge in [0.25, 0.3) is 5.91 Å². The van der Waals surface area contributed by atoms with Gasteiger partial charge in [-0.05, 0) is 107 Å². The van der Waals surface area contributed by atoms with Crippen LogP contribution in [0.15, 0.2) is 39.3 Å². The molecule has 38 heavy (non-hydrogen) atoms. The SMILES string of the molecule is Cc1ccc2c(c1)/C(=C/c1cc(Br)c(OCCOCCOCCOCCCN3CCCC3)c(Br)c1)C(=O)N2. The maximum Gasteiger partial charge on any atom is 0.256 e. The van der Waals surface area contributed by atoms with Crippen molar-refractivity contribution in [3.8, 4) is 5.75 Å². The Labute approximate surface area is 242 Å². The van der Waals surface area contributed by atoms with Gasteiger partial charge in [-0.3, -0.25) is 4.79 Å². The summed E-state index contributed by atoms with van der Waals surface area (Å²) in [6.45, 7) is 9.54. The molecule has 0 aromatic heterocycles. The molecule has 1 amide bonds. The number of hydrogen-bond acceptors (Lipinski definition) is 6. The number of anilines is 1. The van der Waals surface area contributed by atoms with Gasteiger partial charge in [0.05, 0.1) is 42.0 Å². The monoisotopic (exact) mass is 650 g/mol. The van der Waals surface area contributed by atoms with Crippen LogP contribution >= 0.6 is 31.9 Å². The van der Waals surface area contributed by atoms with Crippen molar-refractivity contribution in [2.24, 2.45) is 0 Å². The van der Waals surface area contributed by atoms with Crippen LogP contribution in [-0.2, 0) is 19.0 Å². The second kappa shape index (κ2) is 15.1. The fourth-order valence-corrected chi connectivity index (χ4v) is 6.00. The van der Waals surface area contributed by atoms with Gasteiger partial charge in [-0.25, -0.2) is 0 Å². The molecule has 0 unspecified atom stereocenters. The summed E-state index contributed by atoms with van der Waals surface area (Å²) < 4.78 is 24.3. The number of hydrogen-bond donors (Lipinski definition) is 1. The average molecular weight is 652 g/mol. The molecule has 2 aromatic carbocycles. The molecule has 0 radical (unpaired) electrons. The van der Waals surface area contributed by atoms with E-state index >= 15 is 0 Å². The summed E-state index contributed by atoms with van der Waals surface area (Å²) in [6, 6.07) is 9.84. The number of nitrogens with one attached hydrogen (secondary N) is 1. The van der Waals surface area contributed by atoms with E-state index in [-0.39, 0.29) is 5.91 Å². The number of aryl methyl sites for hydroxylation is 1. The van der Waals surface area contributed by atoms with Gasteiger partial charge in [-0.15, -0.1) is 0 Å². The maximum absolute atomic E-state index is 12.5. The molecular weight excluding hydrogens is 616 g/mol. The number of rotatable bonds is 15. The molecule has 1 N–H and O–H groups in total. The minimum absolute atomic E-state index is 0.0975. The molecule has 9 heteroatoms. The van der Waals surface area contributed by atoms with E-state index in [1.165, 1.54) is 25.9 Å². The van der Waals surface area contributed by atoms with Gasteiger partial charge in [0.15, 0.2) is 0 Å². The Morgan fingerprint density at radius 2 is 1.53 bits per heavy atom. The number of fused-ring (bicyclic) bond motifs is 1. The number of carbonyl (C=O) groups is 1. The Hall–Kier alpha value is -1.75. The lowest BCUT2D eigenvalue weighted by Crippen LogP contribution is -2.21. The van der Waals surface area contributed by atoms with Crippen molar-refractivity contribution < 1.29 is 23.7 Å². The Kier molecular flexibility index (Phi) is 11.7. The van der Waals surface area contributed by atoms with E-state index in [4.69, 9.17) is 18.9 Å². The van der Waals surface area contributed by atoms with Gasteiger partial charge in [-0.1, -0.05) is 11.6 Å². The fourth-order valence-electron chi connectivity index (χ4n) is 4.55. The lowest BCUT2D eigenvalue weighted by atomic mass is 10.0. The van der Waals surface area contributed by atoms with E-state index < -0.39 is 0 Å². The first kappa shape index (κ1) is 29.2. The predicted molar refractivity (Wildman–Crippen MR) is 158 cm³/mol. The number of amides is 1. The fraction of sp³-hybridized carbons (Fsp3) is 0.483. The van der Waals surface area contributed by atoms with Crippen LogP contribution in [0.5, 0.6) is 5.75 Å². The molecule has 0 aliphatic carbocycles. The quantitative estimate of drug-likeness (QED) is 0.190. The van der Waals surface area contributed by atoms with Crippen LogP contribution in [0.2, 0.25) is 0 Å². The first-order chi connectivity index (χ1) is 18.5. The van der Waals surface area contributed by atoms with Crippen molar-refractivity contribution in [1.29, 1.82) is 0 Å². The normalized spacial score (nSPS) is 16.3. The second-order valence-electron chi connectivity index (χ2n) is 9.46. The van der Waals surface area contributed by atoms with Gasteiger partial charge in [0.2, 0.25) is 0 Å². The van der Waals surface area contributed by atoms with Crippen molar-refractivity contribution in [3.05, 3.63) is 56.0 Å². The van der Waals surface area contributed by atoms with Gasteiger partial charge in [0, 0.05) is 30.0 Å². The lowest BCUT2D eigenvalue weighted by Gasteiger charge is -2.14. The van der Waals surface area contributed by atoms with Crippen LogP contribution in [0.25, 0.3) is 11.6 Å². The minimum atomic E-state index is -0.0975. The van der Waals surface area contributed by atoms with Crippen molar-refractivity contribution in [2.75, 3.05) is 71.2 Å². The summed E-state index contributed by atoms with van der Waals surface area (Å²) in [4.78, 5) is 15.0. The smallest absolute Gasteiger partial charge is 0.256 e. The Morgan fingerprint density at radius 3 is 2.21 bits per heavy atom. The summed E-state index contributed by atoms with van der Waals surface area (Å²) in [5.41, 5.74) is 4.41. The molecule has 0 atom stereocenters. The molecule has 0 bridgehead atoms. The highest BCUT2D eigenvalue weighted by Gasteiger charge is 2.24. The van der Waals surface area contributed by atoms with Gasteiger partial charge in [-0.2, -0.15) is 0 Å². The molecule has 0 saturated carbocycles. The molecular formula is C29H36Br2N2O5. The zero-order valence-corrected chi connectivity index (χ0v) is 25.1. The Bertz CT molecular complexity index is 1100. The molecule has 1 fully saturated rings. The van der Waals surface area contributed by atoms with Crippen LogP contribution in [0.3, 0.4) is 0 Å². The molecule has 2 heterocycles. The first-order valence-corrected chi connectivity index (χ1v) is 14.8. The third kappa shape index (κ3) is 8.63. The number of nitrogens with zero attached hydrogens (tertiary/aromatic N) is 1. The largest absolute Gasteiger partial charge is 0.489 e. The van der Waals surface area contributed by atoms with Crippen LogP contribution in [0.1, 0.15) is 36.0 Å². The summed E-state index contributed by atoms with van der Waals surface area (Å²) in [5, 5.41) is 2.92. The number of benzene rings is 2. The second-order valence-corrected chi connectivity index (χ2v) is 11.2. The number of likely N-dealkylation sites (tertiary alicyclic amines) is 1. The predicted octanol–water partition coefficient (Wildman–Crippen LogP) is 5.93. The Balaban J connectivity index is 1.11. The number of carbonyl (C=O) groups excluding carboxylic acids is 1. The summed E-state index contributed by atoms with van der Waals surface area (Å²) in [5.74, 6) is 0.598. The Morgan fingerprint density at radius 1 is 0.895 bits per heavy atom. The van der Waals surface area contributed by atoms with Crippen molar-refractivity contribution in [1.82, 2.24) is 4.90 Å². The third-order valence-electron chi connectivity index (χ3n) is 6.47. The topological polar surface area (TPSA) is 69.3 Å². The molecule has 2 aromatic rings. The number of halogens is 2. The standard InChI is InChI=1S/C29H36Br2N2O5/c1-21-5-6-27-23(17-21)24(29(34)32-27)18-22-19-25(30)28(26(31)20-22)38-16-15-37-14-13-36-12-11-35-10-4-9-33-7-2-3-8-33/h5-6,17-20H,2-4,7-16H2,1H3,(H,32,34)/b24-18-. The van der Waals surface area contributed by atoms with Crippen molar-refractivity contribution in [2.45, 2.75) is 26.2 Å². The van der Waals surface area contributed by atoms with E-state index in [9.17, 15) is 4.79 Å². The van der Waals surface area contributed by atoms with Crippen LogP contribution in [0.4, 0.5) is 5.69 Å². The molecule has 1 saturated heterocycles. The van der Waals surface area contributed by atoms with E-state index in [0.29, 0.717) is 51.0 Å². The van der Waals surface area contributed by atoms with Crippen LogP contribution < -0.4 is 10.1 Å². The van der Waals surface area contributed by atoms with E-state index in [0.717, 1.165) is 50.9 Å². The van der Waals surface area contributed by atoms with Gasteiger partial charge >= 0.3 is 0 Å². The highest BCUT2D eigenvalue weighted by atomic mass is 79.9. The number of ether oxygens (including phenoxy) is 4. The first-order valence-electron chi connectivity index (χ1n) is 13.2. The average Bonchev–Trinajstić information content (AvgIpc) is 3.51. The summed E-state index contributed by atoms with van der Waals surface area (Å²) in [7, 11) is 0. The van der Waals surface area contributed by atoms with E-state index in [2.05, 4.69) is 42.1 Å².